The highest BCUT2D eigenvalue weighted by atomic mass is 19.1. The lowest BCUT2D eigenvalue weighted by atomic mass is 9.76. The molecule has 0 aromatic heterocycles. The van der Waals surface area contributed by atoms with Gasteiger partial charge in [0.05, 0.1) is 11.7 Å². The normalized spacial score (nSPS) is 25.3. The van der Waals surface area contributed by atoms with Crippen molar-refractivity contribution in [2.45, 2.75) is 45.1 Å². The first kappa shape index (κ1) is 14.4. The largest absolute Gasteiger partial charge is 0.388 e. The molecular formula is C15H19F3O. The van der Waals surface area contributed by atoms with E-state index in [1.54, 1.807) is 0 Å². The molecule has 1 aliphatic rings. The summed E-state index contributed by atoms with van der Waals surface area (Å²) in [5, 5.41) is 10.2. The van der Waals surface area contributed by atoms with Gasteiger partial charge >= 0.3 is 0 Å². The second-order valence-corrected chi connectivity index (χ2v) is 5.43. The molecule has 0 saturated heterocycles. The monoisotopic (exact) mass is 272 g/mol. The summed E-state index contributed by atoms with van der Waals surface area (Å²) in [6.07, 6.45) is 3.42. The van der Waals surface area contributed by atoms with Crippen molar-refractivity contribution in [2.75, 3.05) is 0 Å². The van der Waals surface area contributed by atoms with Crippen molar-refractivity contribution in [3.8, 4) is 0 Å². The van der Waals surface area contributed by atoms with Crippen molar-refractivity contribution < 1.29 is 18.3 Å². The lowest BCUT2D eigenvalue weighted by Gasteiger charge is -2.32. The van der Waals surface area contributed by atoms with Crippen LogP contribution in [0.25, 0.3) is 0 Å². The van der Waals surface area contributed by atoms with Crippen LogP contribution in [0.2, 0.25) is 0 Å². The fourth-order valence-corrected chi connectivity index (χ4v) is 3.06. The maximum absolute atomic E-state index is 13.7. The highest BCUT2D eigenvalue weighted by Gasteiger charge is 2.31. The maximum atomic E-state index is 13.7. The van der Waals surface area contributed by atoms with Gasteiger partial charge < -0.3 is 5.11 Å². The average Bonchev–Trinajstić information content (AvgIpc) is 2.37. The van der Waals surface area contributed by atoms with Gasteiger partial charge in [-0.15, -0.1) is 0 Å². The van der Waals surface area contributed by atoms with Gasteiger partial charge in [-0.3, -0.25) is 0 Å². The van der Waals surface area contributed by atoms with Crippen LogP contribution in [-0.2, 0) is 0 Å². The van der Waals surface area contributed by atoms with Crippen LogP contribution in [0.3, 0.4) is 0 Å². The summed E-state index contributed by atoms with van der Waals surface area (Å²) in [6.45, 7) is 2.08. The minimum Gasteiger partial charge on any atom is -0.388 e. The Morgan fingerprint density at radius 2 is 1.84 bits per heavy atom. The standard InChI is InChI=1S/C15H19F3O/c1-2-9-4-3-5-10(6-9)15(19)14-12(17)7-11(16)8-13(14)18/h7-10,15,19H,2-6H2,1H3. The quantitative estimate of drug-likeness (QED) is 0.867. The first-order valence-electron chi connectivity index (χ1n) is 6.85. The summed E-state index contributed by atoms with van der Waals surface area (Å²) in [4.78, 5) is 0. The SMILES string of the molecule is CCC1CCCC(C(O)c2c(F)cc(F)cc2F)C1. The van der Waals surface area contributed by atoms with Crippen LogP contribution in [0.15, 0.2) is 12.1 Å². The molecule has 1 saturated carbocycles. The Bertz CT molecular complexity index is 424. The Morgan fingerprint density at radius 1 is 1.21 bits per heavy atom. The van der Waals surface area contributed by atoms with Gasteiger partial charge in [0.25, 0.3) is 0 Å². The minimum atomic E-state index is -1.19. The molecule has 4 heteroatoms. The molecule has 0 heterocycles. The maximum Gasteiger partial charge on any atom is 0.134 e. The summed E-state index contributed by atoms with van der Waals surface area (Å²) >= 11 is 0. The predicted molar refractivity (Wildman–Crippen MR) is 67.0 cm³/mol. The van der Waals surface area contributed by atoms with E-state index in [0.717, 1.165) is 32.1 Å². The van der Waals surface area contributed by atoms with Gasteiger partial charge in [0, 0.05) is 12.1 Å². The van der Waals surface area contributed by atoms with Crippen LogP contribution in [0.5, 0.6) is 0 Å². The molecular weight excluding hydrogens is 253 g/mol. The van der Waals surface area contributed by atoms with Gasteiger partial charge in [0.2, 0.25) is 0 Å². The molecule has 1 fully saturated rings. The third-order valence-electron chi connectivity index (χ3n) is 4.19. The number of rotatable bonds is 3. The van der Waals surface area contributed by atoms with Crippen LogP contribution in [0.4, 0.5) is 13.2 Å². The molecule has 0 spiro atoms. The number of aliphatic hydroxyl groups excluding tert-OH is 1. The van der Waals surface area contributed by atoms with Crippen molar-refractivity contribution in [2.24, 2.45) is 11.8 Å². The highest BCUT2D eigenvalue weighted by molar-refractivity contribution is 5.23. The summed E-state index contributed by atoms with van der Waals surface area (Å²) < 4.78 is 40.2. The van der Waals surface area contributed by atoms with Gasteiger partial charge in [-0.05, 0) is 24.7 Å². The molecule has 0 aliphatic heterocycles. The van der Waals surface area contributed by atoms with Crippen LogP contribution in [-0.4, -0.2) is 5.11 Å². The van der Waals surface area contributed by atoms with Gasteiger partial charge in [-0.1, -0.05) is 26.2 Å². The minimum absolute atomic E-state index is 0.145. The molecule has 0 radical (unpaired) electrons. The van der Waals surface area contributed by atoms with Crippen LogP contribution >= 0.6 is 0 Å². The fraction of sp³-hybridized carbons (Fsp3) is 0.600. The number of halogens is 3. The summed E-state index contributed by atoms with van der Waals surface area (Å²) in [5.74, 6) is -2.60. The predicted octanol–water partition coefficient (Wildman–Crippen LogP) is 4.35. The highest BCUT2D eigenvalue weighted by Crippen LogP contribution is 2.39. The van der Waals surface area contributed by atoms with E-state index in [4.69, 9.17) is 0 Å². The van der Waals surface area contributed by atoms with Crippen molar-refractivity contribution >= 4 is 0 Å². The molecule has 0 bridgehead atoms. The van der Waals surface area contributed by atoms with Gasteiger partial charge in [-0.25, -0.2) is 13.2 Å². The Balaban J connectivity index is 2.21. The zero-order valence-electron chi connectivity index (χ0n) is 11.0. The van der Waals surface area contributed by atoms with Crippen LogP contribution < -0.4 is 0 Å². The van der Waals surface area contributed by atoms with Crippen molar-refractivity contribution in [3.63, 3.8) is 0 Å². The molecule has 0 amide bonds. The molecule has 2 rings (SSSR count). The third-order valence-corrected chi connectivity index (χ3v) is 4.19. The Morgan fingerprint density at radius 3 is 2.42 bits per heavy atom. The van der Waals surface area contributed by atoms with E-state index in [1.165, 1.54) is 0 Å². The molecule has 1 N–H and O–H groups in total. The van der Waals surface area contributed by atoms with Gasteiger partial charge in [0.1, 0.15) is 17.5 Å². The van der Waals surface area contributed by atoms with Gasteiger partial charge in [-0.2, -0.15) is 0 Å². The van der Waals surface area contributed by atoms with E-state index in [0.29, 0.717) is 18.1 Å². The summed E-state index contributed by atoms with van der Waals surface area (Å²) in [6, 6.07) is 1.25. The first-order chi connectivity index (χ1) is 9.02. The second-order valence-electron chi connectivity index (χ2n) is 5.43. The average molecular weight is 272 g/mol. The van der Waals surface area contributed by atoms with E-state index in [1.807, 2.05) is 0 Å². The molecule has 1 aliphatic carbocycles. The number of aliphatic hydroxyl groups is 1. The van der Waals surface area contributed by atoms with E-state index in [-0.39, 0.29) is 11.5 Å². The van der Waals surface area contributed by atoms with Crippen molar-refractivity contribution in [1.29, 1.82) is 0 Å². The lowest BCUT2D eigenvalue weighted by molar-refractivity contribution is 0.0619. The first-order valence-corrected chi connectivity index (χ1v) is 6.85. The Hall–Kier alpha value is -1.03. The van der Waals surface area contributed by atoms with E-state index >= 15 is 0 Å². The third kappa shape index (κ3) is 3.11. The smallest absolute Gasteiger partial charge is 0.134 e. The van der Waals surface area contributed by atoms with Crippen molar-refractivity contribution in [1.82, 2.24) is 0 Å². The lowest BCUT2D eigenvalue weighted by Crippen LogP contribution is -2.22. The zero-order chi connectivity index (χ0) is 14.0. The molecule has 1 aromatic carbocycles. The zero-order valence-corrected chi connectivity index (χ0v) is 11.0. The topological polar surface area (TPSA) is 20.2 Å². The molecule has 19 heavy (non-hydrogen) atoms. The molecule has 1 aromatic rings. The van der Waals surface area contributed by atoms with E-state index in [9.17, 15) is 18.3 Å². The summed E-state index contributed by atoms with van der Waals surface area (Å²) in [7, 11) is 0. The molecule has 1 nitrogen and oxygen atoms in total. The van der Waals surface area contributed by atoms with Crippen LogP contribution in [0.1, 0.15) is 50.7 Å². The van der Waals surface area contributed by atoms with Crippen molar-refractivity contribution in [3.05, 3.63) is 35.1 Å². The Kier molecular flexibility index (Phi) is 4.50. The van der Waals surface area contributed by atoms with Crippen LogP contribution in [0, 0.1) is 29.3 Å². The number of hydrogen-bond donors (Lipinski definition) is 1. The second kappa shape index (κ2) is 5.95. The van der Waals surface area contributed by atoms with Gasteiger partial charge in [0.15, 0.2) is 0 Å². The summed E-state index contributed by atoms with van der Waals surface area (Å²) in [5.41, 5.74) is -0.386. The number of benzene rings is 1. The molecule has 3 unspecified atom stereocenters. The van der Waals surface area contributed by atoms with E-state index < -0.39 is 23.6 Å². The Labute approximate surface area is 111 Å². The van der Waals surface area contributed by atoms with E-state index in [2.05, 4.69) is 6.92 Å². The number of hydrogen-bond acceptors (Lipinski definition) is 1. The molecule has 106 valence electrons. The fourth-order valence-electron chi connectivity index (χ4n) is 3.06. The molecule has 3 atom stereocenters.